The number of anilines is 2. The molecular weight excluding hydrogens is 401 g/mol. The Morgan fingerprint density at radius 3 is 2.21 bits per heavy atom. The topological polar surface area (TPSA) is 79.5 Å². The summed E-state index contributed by atoms with van der Waals surface area (Å²) in [7, 11) is 0. The van der Waals surface area contributed by atoms with Gasteiger partial charge in [-0.3, -0.25) is 9.59 Å². The van der Waals surface area contributed by atoms with Gasteiger partial charge in [0.05, 0.1) is 18.8 Å². The Morgan fingerprint density at radius 1 is 0.897 bits per heavy atom. The first-order valence-corrected chi connectivity index (χ1v) is 8.17. The summed E-state index contributed by atoms with van der Waals surface area (Å²) in [6, 6.07) is 7.76. The Morgan fingerprint density at radius 2 is 1.55 bits per heavy atom. The predicted octanol–water partition coefficient (Wildman–Crippen LogP) is 3.07. The minimum atomic E-state index is -4.58. The molecule has 3 N–H and O–H groups in total. The number of halogens is 5. The van der Waals surface area contributed by atoms with E-state index in [4.69, 9.17) is 0 Å². The maximum Gasteiger partial charge on any atom is 0.422 e. The van der Waals surface area contributed by atoms with E-state index in [0.29, 0.717) is 5.69 Å². The van der Waals surface area contributed by atoms with Gasteiger partial charge in [0.15, 0.2) is 6.61 Å². The summed E-state index contributed by atoms with van der Waals surface area (Å²) in [4.78, 5) is 23.6. The third-order valence-corrected chi connectivity index (χ3v) is 3.35. The third-order valence-electron chi connectivity index (χ3n) is 3.35. The van der Waals surface area contributed by atoms with Gasteiger partial charge in [-0.15, -0.1) is 0 Å². The number of hydrogen-bond acceptors (Lipinski definition) is 4. The van der Waals surface area contributed by atoms with Gasteiger partial charge in [-0.25, -0.2) is 8.78 Å². The molecule has 0 saturated carbocycles. The molecule has 0 aromatic heterocycles. The second-order valence-electron chi connectivity index (χ2n) is 5.73. The van der Waals surface area contributed by atoms with Crippen molar-refractivity contribution in [2.24, 2.45) is 0 Å². The lowest BCUT2D eigenvalue weighted by atomic mass is 10.2. The summed E-state index contributed by atoms with van der Waals surface area (Å²) in [6.07, 6.45) is -4.58. The molecule has 0 bridgehead atoms. The molecule has 0 heterocycles. The molecule has 2 amide bonds. The van der Waals surface area contributed by atoms with Crippen molar-refractivity contribution in [2.45, 2.75) is 6.18 Å². The molecule has 0 aliphatic carbocycles. The van der Waals surface area contributed by atoms with Crippen molar-refractivity contribution in [3.63, 3.8) is 0 Å². The maximum atomic E-state index is 13.3. The Labute approximate surface area is 162 Å². The molecule has 0 radical (unpaired) electrons. The van der Waals surface area contributed by atoms with Gasteiger partial charge in [-0.2, -0.15) is 13.2 Å². The third kappa shape index (κ3) is 8.03. The fourth-order valence-corrected chi connectivity index (χ4v) is 2.08. The van der Waals surface area contributed by atoms with Crippen LogP contribution in [-0.4, -0.2) is 37.7 Å². The average Bonchev–Trinajstić information content (AvgIpc) is 2.65. The lowest BCUT2D eigenvalue weighted by Crippen LogP contribution is -2.36. The molecule has 29 heavy (non-hydrogen) atoms. The van der Waals surface area contributed by atoms with Gasteiger partial charge in [0.2, 0.25) is 11.8 Å². The van der Waals surface area contributed by atoms with Crippen LogP contribution in [0.5, 0.6) is 5.75 Å². The molecule has 0 aliphatic heterocycles. The first kappa shape index (κ1) is 21.9. The molecule has 0 atom stereocenters. The van der Waals surface area contributed by atoms with Crippen molar-refractivity contribution < 1.29 is 36.3 Å². The molecule has 11 heteroatoms. The van der Waals surface area contributed by atoms with E-state index in [1.807, 2.05) is 0 Å². The molecule has 0 saturated heterocycles. The minimum absolute atomic E-state index is 0.153. The molecule has 2 rings (SSSR count). The predicted molar refractivity (Wildman–Crippen MR) is 94.5 cm³/mol. The normalized spacial score (nSPS) is 10.9. The molecule has 0 unspecified atom stereocenters. The van der Waals surface area contributed by atoms with Crippen LogP contribution in [-0.2, 0) is 9.59 Å². The largest absolute Gasteiger partial charge is 0.482 e. The van der Waals surface area contributed by atoms with Crippen LogP contribution in [0.1, 0.15) is 0 Å². The van der Waals surface area contributed by atoms with Crippen LogP contribution < -0.4 is 20.7 Å². The van der Waals surface area contributed by atoms with Crippen LogP contribution in [0.25, 0.3) is 0 Å². The number of ether oxygens (including phenoxy) is 1. The van der Waals surface area contributed by atoms with Crippen molar-refractivity contribution in [1.82, 2.24) is 5.32 Å². The molecule has 156 valence electrons. The van der Waals surface area contributed by atoms with Crippen LogP contribution in [0.2, 0.25) is 0 Å². The highest BCUT2D eigenvalue weighted by Crippen LogP contribution is 2.27. The zero-order valence-corrected chi connectivity index (χ0v) is 14.8. The second-order valence-corrected chi connectivity index (χ2v) is 5.73. The van der Waals surface area contributed by atoms with Gasteiger partial charge in [-0.05, 0) is 36.4 Å². The zero-order valence-electron chi connectivity index (χ0n) is 14.8. The molecule has 0 spiro atoms. The molecule has 0 aliphatic rings. The van der Waals surface area contributed by atoms with Crippen LogP contribution in [0, 0.1) is 11.6 Å². The smallest absolute Gasteiger partial charge is 0.422 e. The van der Waals surface area contributed by atoms with Crippen molar-refractivity contribution in [3.8, 4) is 5.75 Å². The average molecular weight is 417 g/mol. The van der Waals surface area contributed by atoms with E-state index < -0.39 is 49.3 Å². The number of benzene rings is 2. The lowest BCUT2D eigenvalue weighted by molar-refractivity contribution is -0.153. The highest BCUT2D eigenvalue weighted by atomic mass is 19.4. The van der Waals surface area contributed by atoms with E-state index in [9.17, 15) is 31.5 Å². The minimum Gasteiger partial charge on any atom is -0.482 e. The molecule has 2 aromatic carbocycles. The van der Waals surface area contributed by atoms with Gasteiger partial charge >= 0.3 is 6.18 Å². The first-order chi connectivity index (χ1) is 13.6. The van der Waals surface area contributed by atoms with Crippen molar-refractivity contribution >= 4 is 23.2 Å². The Bertz CT molecular complexity index is 857. The van der Waals surface area contributed by atoms with Crippen LogP contribution in [0.3, 0.4) is 0 Å². The van der Waals surface area contributed by atoms with E-state index in [2.05, 4.69) is 20.7 Å². The Balaban J connectivity index is 1.83. The maximum absolute atomic E-state index is 13.3. The quantitative estimate of drug-likeness (QED) is 0.577. The van der Waals surface area contributed by atoms with Crippen molar-refractivity contribution in [3.05, 3.63) is 54.1 Å². The number of nitrogens with one attached hydrogen (secondary N) is 3. The number of carbonyl (C=O) groups excluding carboxylic acids is 2. The number of carbonyl (C=O) groups is 2. The number of rotatable bonds is 8. The Kier molecular flexibility index (Phi) is 7.34. The SMILES string of the molecule is O=C(CNc1cc(F)ccc1OCC(F)(F)F)NCC(=O)Nc1ccc(F)cc1. The van der Waals surface area contributed by atoms with E-state index in [1.165, 1.54) is 12.1 Å². The van der Waals surface area contributed by atoms with Gasteiger partial charge in [0, 0.05) is 11.8 Å². The van der Waals surface area contributed by atoms with Crippen LogP contribution in [0.15, 0.2) is 42.5 Å². The summed E-state index contributed by atoms with van der Waals surface area (Å²) >= 11 is 0. The van der Waals surface area contributed by atoms with E-state index in [0.717, 1.165) is 30.3 Å². The molecule has 2 aromatic rings. The fourth-order valence-electron chi connectivity index (χ4n) is 2.08. The highest BCUT2D eigenvalue weighted by molar-refractivity contribution is 5.95. The summed E-state index contributed by atoms with van der Waals surface area (Å²) in [5.41, 5.74) is 0.176. The standard InChI is InChI=1S/C18H16F5N3O3/c19-11-1-4-13(5-2-11)26-17(28)9-25-16(27)8-24-14-7-12(20)3-6-15(14)29-10-18(21,22)23/h1-7,24H,8-10H2,(H,25,27)(H,26,28). The van der Waals surface area contributed by atoms with Gasteiger partial charge < -0.3 is 20.7 Å². The number of amides is 2. The summed E-state index contributed by atoms with van der Waals surface area (Å²) < 4.78 is 67.6. The van der Waals surface area contributed by atoms with Crippen LogP contribution >= 0.6 is 0 Å². The Hall–Kier alpha value is -3.37. The monoisotopic (exact) mass is 417 g/mol. The van der Waals surface area contributed by atoms with Crippen molar-refractivity contribution in [2.75, 3.05) is 30.3 Å². The first-order valence-electron chi connectivity index (χ1n) is 8.17. The van der Waals surface area contributed by atoms with Crippen LogP contribution in [0.4, 0.5) is 33.3 Å². The van der Waals surface area contributed by atoms with Gasteiger partial charge in [-0.1, -0.05) is 0 Å². The number of hydrogen-bond donors (Lipinski definition) is 3. The molecular formula is C18H16F5N3O3. The van der Waals surface area contributed by atoms with Gasteiger partial charge in [0.1, 0.15) is 17.4 Å². The summed E-state index contributed by atoms with van der Waals surface area (Å²) in [5, 5.41) is 7.15. The van der Waals surface area contributed by atoms with E-state index >= 15 is 0 Å². The van der Waals surface area contributed by atoms with E-state index in [1.54, 1.807) is 0 Å². The van der Waals surface area contributed by atoms with Gasteiger partial charge in [0.25, 0.3) is 0 Å². The fraction of sp³-hybridized carbons (Fsp3) is 0.222. The van der Waals surface area contributed by atoms with Crippen molar-refractivity contribution in [1.29, 1.82) is 0 Å². The second kappa shape index (κ2) is 9.71. The lowest BCUT2D eigenvalue weighted by Gasteiger charge is -2.14. The molecule has 0 fully saturated rings. The highest BCUT2D eigenvalue weighted by Gasteiger charge is 2.29. The number of alkyl halides is 3. The summed E-state index contributed by atoms with van der Waals surface area (Å²) in [5.74, 6) is -2.76. The summed E-state index contributed by atoms with van der Waals surface area (Å²) in [6.45, 7) is -2.43. The van der Waals surface area contributed by atoms with E-state index in [-0.39, 0.29) is 11.4 Å². The molecule has 6 nitrogen and oxygen atoms in total. The zero-order chi connectivity index (χ0) is 21.4.